The Balaban J connectivity index is 1.42. The zero-order valence-electron chi connectivity index (χ0n) is 18.7. The molecule has 32 heavy (non-hydrogen) atoms. The minimum atomic E-state index is -0.514. The summed E-state index contributed by atoms with van der Waals surface area (Å²) in [5.74, 6) is 0.855. The molecule has 0 amide bonds. The molecule has 3 N–H and O–H groups in total. The van der Waals surface area contributed by atoms with Gasteiger partial charge in [0.2, 0.25) is 0 Å². The Morgan fingerprint density at radius 3 is 2.72 bits per heavy atom. The van der Waals surface area contributed by atoms with E-state index in [9.17, 15) is 5.11 Å². The molecule has 7 atom stereocenters. The molecule has 3 nitrogen and oxygen atoms in total. The number of halogens is 1. The van der Waals surface area contributed by atoms with Crippen LogP contribution < -0.4 is 5.32 Å². The number of rotatable bonds is 3. The maximum absolute atomic E-state index is 15.8. The second-order valence-corrected chi connectivity index (χ2v) is 10.9. The van der Waals surface area contributed by atoms with Crippen molar-refractivity contribution in [2.45, 2.75) is 45.6 Å². The van der Waals surface area contributed by atoms with Gasteiger partial charge in [0.05, 0.1) is 6.10 Å². The first-order valence-corrected chi connectivity index (χ1v) is 11.9. The van der Waals surface area contributed by atoms with E-state index in [4.69, 9.17) is 5.41 Å². The lowest BCUT2D eigenvalue weighted by Crippen LogP contribution is -2.57. The highest BCUT2D eigenvalue weighted by Crippen LogP contribution is 2.71. The van der Waals surface area contributed by atoms with Gasteiger partial charge in [0.25, 0.3) is 0 Å². The molecule has 0 aliphatic heterocycles. The Morgan fingerprint density at radius 1 is 1.22 bits per heavy atom. The number of hydrogen-bond donors (Lipinski definition) is 3. The zero-order valence-corrected chi connectivity index (χ0v) is 18.7. The van der Waals surface area contributed by atoms with E-state index < -0.39 is 11.5 Å². The summed E-state index contributed by atoms with van der Waals surface area (Å²) in [5.41, 5.74) is 4.24. The minimum Gasteiger partial charge on any atom is -0.393 e. The van der Waals surface area contributed by atoms with E-state index in [1.807, 2.05) is 42.5 Å². The van der Waals surface area contributed by atoms with Crippen molar-refractivity contribution in [2.75, 3.05) is 5.32 Å². The van der Waals surface area contributed by atoms with Gasteiger partial charge in [-0.05, 0) is 85.8 Å². The van der Waals surface area contributed by atoms with Crippen molar-refractivity contribution in [2.24, 2.45) is 34.5 Å². The van der Waals surface area contributed by atoms with Crippen LogP contribution in [0.3, 0.4) is 0 Å². The zero-order chi connectivity index (χ0) is 22.3. The molecule has 0 aromatic heterocycles. The highest BCUT2D eigenvalue weighted by Gasteiger charge is 2.65. The van der Waals surface area contributed by atoms with Gasteiger partial charge >= 0.3 is 0 Å². The van der Waals surface area contributed by atoms with Gasteiger partial charge in [0.1, 0.15) is 5.83 Å². The van der Waals surface area contributed by atoms with Crippen molar-refractivity contribution in [3.05, 3.63) is 76.8 Å². The fraction of sp³-hybridized carbons (Fsp3) is 0.464. The van der Waals surface area contributed by atoms with Gasteiger partial charge < -0.3 is 15.8 Å². The van der Waals surface area contributed by atoms with Crippen molar-refractivity contribution in [3.8, 4) is 0 Å². The summed E-state index contributed by atoms with van der Waals surface area (Å²) in [5, 5.41) is 23.0. The van der Waals surface area contributed by atoms with E-state index in [1.54, 1.807) is 0 Å². The summed E-state index contributed by atoms with van der Waals surface area (Å²) in [7, 11) is 0. The summed E-state index contributed by atoms with van der Waals surface area (Å²) in [6.45, 7) is 4.32. The second-order valence-electron chi connectivity index (χ2n) is 10.9. The quantitative estimate of drug-likeness (QED) is 0.396. The van der Waals surface area contributed by atoms with Crippen molar-refractivity contribution in [1.82, 2.24) is 0 Å². The Kier molecular flexibility index (Phi) is 4.27. The Bertz CT molecular complexity index is 1120. The molecule has 166 valence electrons. The van der Waals surface area contributed by atoms with Crippen molar-refractivity contribution >= 4 is 11.9 Å². The molecule has 0 bridgehead atoms. The summed E-state index contributed by atoms with van der Waals surface area (Å²) < 4.78 is 15.8. The van der Waals surface area contributed by atoms with Crippen molar-refractivity contribution in [1.29, 1.82) is 5.41 Å². The van der Waals surface area contributed by atoms with Gasteiger partial charge in [0, 0.05) is 34.3 Å². The summed E-state index contributed by atoms with van der Waals surface area (Å²) in [4.78, 5) is 0. The number of hydrogen-bond acceptors (Lipinski definition) is 3. The highest BCUT2D eigenvalue weighted by atomic mass is 19.1. The standard InChI is InChI=1S/C28H31FN2O/c1-16-12-28-14-25(32)26-19(21(28)9-8-20(16)28)10-23(29)22-11-24(17(15-30)13-27(22,26)2)31-18-6-4-3-5-7-18/h3-7,10-12,15,19-21,25-26,30-32H,8-9,13-14H2,1-2H3. The molecule has 1 aromatic carbocycles. The SMILES string of the molecule is CC1=CC23CC(O)C4C(C=C(F)C5=CC(Nc6ccccc6)=C(C=N)CC54C)C2CCC13. The van der Waals surface area contributed by atoms with Gasteiger partial charge in [-0.25, -0.2) is 4.39 Å². The molecule has 1 spiro atoms. The Hall–Kier alpha value is -2.46. The lowest BCUT2D eigenvalue weighted by atomic mass is 9.44. The molecule has 2 saturated carbocycles. The molecule has 7 unspecified atom stereocenters. The molecule has 5 aliphatic rings. The van der Waals surface area contributed by atoms with Crippen LogP contribution in [0.5, 0.6) is 0 Å². The fourth-order valence-electron chi connectivity index (χ4n) is 8.21. The predicted octanol–water partition coefficient (Wildman–Crippen LogP) is 6.18. The summed E-state index contributed by atoms with van der Waals surface area (Å²) in [6.07, 6.45) is 10.7. The molecule has 0 saturated heterocycles. The van der Waals surface area contributed by atoms with E-state index in [0.717, 1.165) is 36.2 Å². The Labute approximate surface area is 189 Å². The minimum absolute atomic E-state index is 0.0230. The average molecular weight is 431 g/mol. The van der Waals surface area contributed by atoms with Crippen LogP contribution in [0, 0.1) is 39.9 Å². The third-order valence-electron chi connectivity index (χ3n) is 9.37. The van der Waals surface area contributed by atoms with Gasteiger partial charge in [-0.15, -0.1) is 0 Å². The maximum atomic E-state index is 15.8. The van der Waals surface area contributed by atoms with Crippen LogP contribution in [0.15, 0.2) is 76.8 Å². The van der Waals surface area contributed by atoms with E-state index in [0.29, 0.717) is 23.8 Å². The van der Waals surface area contributed by atoms with Crippen LogP contribution in [-0.2, 0) is 0 Å². The second kappa shape index (κ2) is 6.77. The highest BCUT2D eigenvalue weighted by molar-refractivity contribution is 5.81. The number of para-hydroxylation sites is 1. The Morgan fingerprint density at radius 2 is 2.00 bits per heavy atom. The van der Waals surface area contributed by atoms with Crippen molar-refractivity contribution < 1.29 is 9.50 Å². The van der Waals surface area contributed by atoms with Gasteiger partial charge in [-0.1, -0.05) is 36.8 Å². The maximum Gasteiger partial charge on any atom is 0.123 e. The number of fused-ring (bicyclic) bond motifs is 4. The molecule has 1 aromatic rings. The third-order valence-corrected chi connectivity index (χ3v) is 9.37. The molecule has 2 fully saturated rings. The number of aliphatic hydroxyl groups excluding tert-OH is 1. The lowest BCUT2D eigenvalue weighted by molar-refractivity contribution is -0.0947. The molecule has 0 radical (unpaired) electrons. The van der Waals surface area contributed by atoms with E-state index >= 15 is 4.39 Å². The molecule has 4 heteroatoms. The van der Waals surface area contributed by atoms with Gasteiger partial charge in [-0.2, -0.15) is 0 Å². The van der Waals surface area contributed by atoms with Gasteiger partial charge in [-0.3, -0.25) is 0 Å². The topological polar surface area (TPSA) is 56.1 Å². The van der Waals surface area contributed by atoms with Crippen LogP contribution in [0.1, 0.15) is 39.5 Å². The first-order chi connectivity index (χ1) is 15.4. The molecular formula is C28H31FN2O. The van der Waals surface area contributed by atoms with E-state index in [1.165, 1.54) is 11.8 Å². The molecule has 5 aliphatic carbocycles. The van der Waals surface area contributed by atoms with Crippen LogP contribution >= 0.6 is 0 Å². The largest absolute Gasteiger partial charge is 0.393 e. The molecule has 0 heterocycles. The monoisotopic (exact) mass is 430 g/mol. The van der Waals surface area contributed by atoms with Crippen LogP contribution in [0.25, 0.3) is 0 Å². The molecular weight excluding hydrogens is 399 g/mol. The van der Waals surface area contributed by atoms with E-state index in [-0.39, 0.29) is 23.1 Å². The average Bonchev–Trinajstić information content (AvgIpc) is 3.06. The van der Waals surface area contributed by atoms with E-state index in [2.05, 4.69) is 25.2 Å². The van der Waals surface area contributed by atoms with Crippen LogP contribution in [0.2, 0.25) is 0 Å². The number of nitrogens with one attached hydrogen (secondary N) is 2. The van der Waals surface area contributed by atoms with Crippen LogP contribution in [-0.4, -0.2) is 17.4 Å². The third kappa shape index (κ3) is 2.53. The van der Waals surface area contributed by atoms with Crippen LogP contribution in [0.4, 0.5) is 10.1 Å². The predicted molar refractivity (Wildman–Crippen MR) is 126 cm³/mol. The first-order valence-electron chi connectivity index (χ1n) is 11.9. The van der Waals surface area contributed by atoms with Gasteiger partial charge in [0.15, 0.2) is 0 Å². The summed E-state index contributed by atoms with van der Waals surface area (Å²) >= 11 is 0. The number of anilines is 1. The molecule has 6 rings (SSSR count). The normalized spacial score (nSPS) is 41.8. The van der Waals surface area contributed by atoms with Crippen molar-refractivity contribution in [3.63, 3.8) is 0 Å². The number of allylic oxidation sites excluding steroid dienone is 7. The lowest BCUT2D eigenvalue weighted by Gasteiger charge is -2.60. The number of benzene rings is 1. The first kappa shape index (κ1) is 20.2. The summed E-state index contributed by atoms with van der Waals surface area (Å²) in [6, 6.07) is 9.82. The number of aliphatic hydroxyl groups is 1. The smallest absolute Gasteiger partial charge is 0.123 e. The fourth-order valence-corrected chi connectivity index (χ4v) is 8.21.